The first-order valence-electron chi connectivity index (χ1n) is 4.43. The van der Waals surface area contributed by atoms with E-state index in [1.54, 1.807) is 19.0 Å². The van der Waals surface area contributed by atoms with Crippen molar-refractivity contribution in [2.45, 2.75) is 6.43 Å². The van der Waals surface area contributed by atoms with Gasteiger partial charge in [-0.3, -0.25) is 0 Å². The third kappa shape index (κ3) is 3.16. The predicted octanol–water partition coefficient (Wildman–Crippen LogP) is 3.31. The van der Waals surface area contributed by atoms with E-state index in [1.165, 1.54) is 12.4 Å². The Kier molecular flexibility index (Phi) is 4.23. The maximum Gasteiger partial charge on any atom is 0.267 e. The monoisotopic (exact) mass is 292 g/mol. The van der Waals surface area contributed by atoms with Crippen LogP contribution in [0.3, 0.4) is 0 Å². The summed E-state index contributed by atoms with van der Waals surface area (Å²) in [6.45, 7) is 0. The molecule has 1 aromatic rings. The maximum atomic E-state index is 12.5. The molecule has 0 aromatic heterocycles. The number of aromatic hydroxyl groups is 1. The van der Waals surface area contributed by atoms with E-state index in [0.717, 1.165) is 6.07 Å². The second-order valence-electron chi connectivity index (χ2n) is 3.37. The Morgan fingerprint density at radius 2 is 2.06 bits per heavy atom. The maximum absolute atomic E-state index is 12.5. The van der Waals surface area contributed by atoms with Gasteiger partial charge < -0.3 is 10.0 Å². The van der Waals surface area contributed by atoms with Crippen LogP contribution in [0.25, 0.3) is 0 Å². The standard InChI is InChI=1S/C10H11BrF2N2O/c1-15(2)5-14-8-3-6(10(12)13)9(16)4-7(8)11/h3-5,10,16H,1-2H3. The van der Waals surface area contributed by atoms with Crippen LogP contribution in [-0.4, -0.2) is 30.4 Å². The molecule has 0 aliphatic rings. The van der Waals surface area contributed by atoms with Crippen LogP contribution in [0.15, 0.2) is 21.6 Å². The average molecular weight is 293 g/mol. The molecule has 0 saturated carbocycles. The van der Waals surface area contributed by atoms with Crippen molar-refractivity contribution in [1.29, 1.82) is 0 Å². The van der Waals surface area contributed by atoms with Crippen molar-refractivity contribution in [3.63, 3.8) is 0 Å². The highest BCUT2D eigenvalue weighted by Crippen LogP contribution is 2.36. The van der Waals surface area contributed by atoms with E-state index in [2.05, 4.69) is 20.9 Å². The number of phenolic OH excluding ortho intramolecular Hbond substituents is 1. The fourth-order valence-corrected chi connectivity index (χ4v) is 1.45. The topological polar surface area (TPSA) is 35.8 Å². The lowest BCUT2D eigenvalue weighted by Gasteiger charge is -2.07. The van der Waals surface area contributed by atoms with Crippen LogP contribution in [0.5, 0.6) is 5.75 Å². The van der Waals surface area contributed by atoms with Gasteiger partial charge in [-0.15, -0.1) is 0 Å². The van der Waals surface area contributed by atoms with Crippen LogP contribution in [0.1, 0.15) is 12.0 Å². The normalized spacial score (nSPS) is 11.4. The first-order valence-corrected chi connectivity index (χ1v) is 5.22. The Morgan fingerprint density at radius 1 is 1.44 bits per heavy atom. The van der Waals surface area contributed by atoms with Crippen molar-refractivity contribution in [2.24, 2.45) is 4.99 Å². The van der Waals surface area contributed by atoms with E-state index in [-0.39, 0.29) is 0 Å². The number of benzene rings is 1. The first kappa shape index (κ1) is 12.9. The second kappa shape index (κ2) is 5.25. The molecular formula is C10H11BrF2N2O. The summed E-state index contributed by atoms with van der Waals surface area (Å²) in [7, 11) is 3.54. The van der Waals surface area contributed by atoms with Gasteiger partial charge in [-0.1, -0.05) is 0 Å². The van der Waals surface area contributed by atoms with Crippen LogP contribution in [0.2, 0.25) is 0 Å². The molecule has 0 aliphatic carbocycles. The van der Waals surface area contributed by atoms with Gasteiger partial charge in [0.25, 0.3) is 6.43 Å². The van der Waals surface area contributed by atoms with Crippen LogP contribution >= 0.6 is 15.9 Å². The molecule has 0 unspecified atom stereocenters. The number of aliphatic imine (C=N–C) groups is 1. The third-order valence-corrected chi connectivity index (χ3v) is 2.39. The van der Waals surface area contributed by atoms with E-state index < -0.39 is 17.7 Å². The Bertz CT molecular complexity index is 408. The minimum Gasteiger partial charge on any atom is -0.507 e. The lowest BCUT2D eigenvalue weighted by atomic mass is 10.2. The quantitative estimate of drug-likeness (QED) is 0.685. The van der Waals surface area contributed by atoms with Crippen LogP contribution in [0.4, 0.5) is 14.5 Å². The fraction of sp³-hybridized carbons (Fsp3) is 0.300. The summed E-state index contributed by atoms with van der Waals surface area (Å²) in [5.41, 5.74) is -0.0732. The van der Waals surface area contributed by atoms with Gasteiger partial charge in [0.1, 0.15) is 5.75 Å². The lowest BCUT2D eigenvalue weighted by molar-refractivity contribution is 0.147. The van der Waals surface area contributed by atoms with Gasteiger partial charge in [-0.05, 0) is 28.1 Å². The molecule has 6 heteroatoms. The summed E-state index contributed by atoms with van der Waals surface area (Å²) in [5, 5.41) is 9.29. The molecule has 1 aromatic carbocycles. The van der Waals surface area contributed by atoms with E-state index in [4.69, 9.17) is 0 Å². The second-order valence-corrected chi connectivity index (χ2v) is 4.23. The van der Waals surface area contributed by atoms with E-state index >= 15 is 0 Å². The molecule has 1 N–H and O–H groups in total. The third-order valence-electron chi connectivity index (χ3n) is 1.76. The van der Waals surface area contributed by atoms with Crippen molar-refractivity contribution >= 4 is 28.0 Å². The van der Waals surface area contributed by atoms with Crippen LogP contribution in [-0.2, 0) is 0 Å². The van der Waals surface area contributed by atoms with Crippen molar-refractivity contribution in [3.8, 4) is 5.75 Å². The zero-order valence-corrected chi connectivity index (χ0v) is 10.4. The summed E-state index contributed by atoms with van der Waals surface area (Å²) in [5.74, 6) is -0.439. The molecule has 0 saturated heterocycles. The molecule has 0 aliphatic heterocycles. The highest BCUT2D eigenvalue weighted by atomic mass is 79.9. The largest absolute Gasteiger partial charge is 0.507 e. The highest BCUT2D eigenvalue weighted by Gasteiger charge is 2.15. The number of hydrogen-bond donors (Lipinski definition) is 1. The summed E-state index contributed by atoms with van der Waals surface area (Å²) in [6.07, 6.45) is -1.23. The molecule has 0 radical (unpaired) electrons. The minimum atomic E-state index is -2.72. The molecule has 1 rings (SSSR count). The average Bonchev–Trinajstić information content (AvgIpc) is 2.15. The number of phenols is 1. The van der Waals surface area contributed by atoms with Crippen LogP contribution < -0.4 is 0 Å². The molecule has 3 nitrogen and oxygen atoms in total. The van der Waals surface area contributed by atoms with Crippen molar-refractivity contribution in [3.05, 3.63) is 22.2 Å². The number of alkyl halides is 2. The Balaban J connectivity index is 3.15. The van der Waals surface area contributed by atoms with Crippen molar-refractivity contribution in [2.75, 3.05) is 14.1 Å². The number of nitrogens with zero attached hydrogens (tertiary/aromatic N) is 2. The van der Waals surface area contributed by atoms with Gasteiger partial charge in [0.15, 0.2) is 0 Å². The van der Waals surface area contributed by atoms with E-state index in [9.17, 15) is 13.9 Å². The number of rotatable bonds is 3. The molecule has 0 spiro atoms. The minimum absolute atomic E-state index is 0.349. The van der Waals surface area contributed by atoms with E-state index in [1.807, 2.05) is 0 Å². The molecular weight excluding hydrogens is 282 g/mol. The van der Waals surface area contributed by atoms with Crippen LogP contribution in [0, 0.1) is 0 Å². The lowest BCUT2D eigenvalue weighted by Crippen LogP contribution is -2.07. The molecule has 0 amide bonds. The molecule has 0 heterocycles. The summed E-state index contributed by atoms with van der Waals surface area (Å²) in [6, 6.07) is 2.37. The van der Waals surface area contributed by atoms with Gasteiger partial charge in [-0.25, -0.2) is 13.8 Å². The zero-order chi connectivity index (χ0) is 12.3. The summed E-state index contributed by atoms with van der Waals surface area (Å²) in [4.78, 5) is 5.68. The smallest absolute Gasteiger partial charge is 0.267 e. The summed E-state index contributed by atoms with van der Waals surface area (Å²) < 4.78 is 25.5. The predicted molar refractivity (Wildman–Crippen MR) is 62.6 cm³/mol. The van der Waals surface area contributed by atoms with Gasteiger partial charge in [0.05, 0.1) is 17.6 Å². The first-order chi connectivity index (χ1) is 7.41. The van der Waals surface area contributed by atoms with Gasteiger partial charge >= 0.3 is 0 Å². The Labute approximate surface area is 101 Å². The molecule has 88 valence electrons. The number of hydrogen-bond acceptors (Lipinski definition) is 2. The Morgan fingerprint density at radius 3 is 2.56 bits per heavy atom. The van der Waals surface area contributed by atoms with Gasteiger partial charge in [0.2, 0.25) is 0 Å². The Hall–Kier alpha value is -1.17. The molecule has 16 heavy (non-hydrogen) atoms. The molecule has 0 fully saturated rings. The number of halogens is 3. The van der Waals surface area contributed by atoms with Gasteiger partial charge in [-0.2, -0.15) is 0 Å². The van der Waals surface area contributed by atoms with E-state index in [0.29, 0.717) is 10.2 Å². The van der Waals surface area contributed by atoms with Crippen molar-refractivity contribution < 1.29 is 13.9 Å². The molecule has 0 atom stereocenters. The summed E-state index contributed by atoms with van der Waals surface area (Å²) >= 11 is 3.14. The van der Waals surface area contributed by atoms with Gasteiger partial charge in [0, 0.05) is 18.6 Å². The molecule has 0 bridgehead atoms. The highest BCUT2D eigenvalue weighted by molar-refractivity contribution is 9.10. The van der Waals surface area contributed by atoms with Crippen molar-refractivity contribution in [1.82, 2.24) is 4.90 Å². The SMILES string of the molecule is CN(C)C=Nc1cc(C(F)F)c(O)cc1Br. The zero-order valence-electron chi connectivity index (χ0n) is 8.78. The fourth-order valence-electron chi connectivity index (χ4n) is 1.02.